The molecule has 1 aliphatic rings. The lowest BCUT2D eigenvalue weighted by molar-refractivity contribution is 0.109. The Kier molecular flexibility index (Phi) is 8.53. The van der Waals surface area contributed by atoms with E-state index in [9.17, 15) is 18.6 Å². The summed E-state index contributed by atoms with van der Waals surface area (Å²) in [6.45, 7) is 3.85. The van der Waals surface area contributed by atoms with Crippen molar-refractivity contribution in [3.63, 3.8) is 0 Å². The van der Waals surface area contributed by atoms with Crippen LogP contribution in [0.4, 0.5) is 0 Å². The van der Waals surface area contributed by atoms with Crippen LogP contribution in [0.1, 0.15) is 55.7 Å². The quantitative estimate of drug-likeness (QED) is 0.174. The van der Waals surface area contributed by atoms with Gasteiger partial charge in [0.1, 0.15) is 0 Å². The molecule has 4 N–H and O–H groups in total. The number of nitrogens with one attached hydrogen (secondary N) is 1. The molecule has 0 aromatic heterocycles. The van der Waals surface area contributed by atoms with Gasteiger partial charge in [-0.15, -0.1) is 0 Å². The zero-order valence-corrected chi connectivity index (χ0v) is 19.4. The van der Waals surface area contributed by atoms with E-state index in [1.165, 1.54) is 31.4 Å². The molecule has 2 aromatic carbocycles. The summed E-state index contributed by atoms with van der Waals surface area (Å²) in [7, 11) is -4.17. The fourth-order valence-corrected chi connectivity index (χ4v) is 4.82. The van der Waals surface area contributed by atoms with E-state index in [2.05, 4.69) is 17.4 Å². The highest BCUT2D eigenvalue weighted by molar-refractivity contribution is 7.85. The third-order valence-corrected chi connectivity index (χ3v) is 7.05. The number of hydrazine groups is 1. The summed E-state index contributed by atoms with van der Waals surface area (Å²) in [5.74, 6) is -0.0477. The van der Waals surface area contributed by atoms with Gasteiger partial charge in [0, 0.05) is 24.7 Å². The minimum Gasteiger partial charge on any atom is -0.504 e. The van der Waals surface area contributed by atoms with Gasteiger partial charge in [-0.25, -0.2) is 5.01 Å². The Morgan fingerprint density at radius 1 is 1.06 bits per heavy atom. The van der Waals surface area contributed by atoms with Crippen LogP contribution in [-0.2, 0) is 29.4 Å². The third-order valence-electron chi connectivity index (χ3n) is 6.18. The predicted octanol–water partition coefficient (Wildman–Crippen LogP) is 3.83. The first-order valence-corrected chi connectivity index (χ1v) is 12.8. The lowest BCUT2D eigenvalue weighted by Crippen LogP contribution is -2.49. The average Bonchev–Trinajstić information content (AvgIpc) is 2.77. The Hall–Kier alpha value is -2.13. The molecule has 0 saturated carbocycles. The summed E-state index contributed by atoms with van der Waals surface area (Å²) >= 11 is 0. The smallest absolute Gasteiger partial charge is 0.294 e. The first-order chi connectivity index (χ1) is 15.3. The van der Waals surface area contributed by atoms with Crippen LogP contribution >= 0.6 is 0 Å². The van der Waals surface area contributed by atoms with Crippen LogP contribution in [0.2, 0.25) is 0 Å². The third kappa shape index (κ3) is 6.45. The molecule has 0 aliphatic heterocycles. The normalized spacial score (nSPS) is 16.3. The summed E-state index contributed by atoms with van der Waals surface area (Å²) in [6.07, 6.45) is 7.86. The Morgan fingerprint density at radius 2 is 1.81 bits per heavy atom. The molecule has 7 nitrogen and oxygen atoms in total. The number of aromatic hydroxyl groups is 2. The van der Waals surface area contributed by atoms with E-state index in [1.807, 2.05) is 6.07 Å². The number of phenols is 2. The molecule has 8 heteroatoms. The number of benzene rings is 2. The average molecular weight is 463 g/mol. The zero-order chi connectivity index (χ0) is 23.1. The first-order valence-electron chi connectivity index (χ1n) is 11.4. The molecule has 0 fully saturated rings. The molecule has 3 rings (SSSR count). The largest absolute Gasteiger partial charge is 0.504 e. The van der Waals surface area contributed by atoms with E-state index >= 15 is 0 Å². The number of nitrogens with zero attached hydrogens (tertiary/aromatic N) is 1. The van der Waals surface area contributed by atoms with Crippen LogP contribution in [0, 0.1) is 0 Å². The van der Waals surface area contributed by atoms with Gasteiger partial charge in [0.25, 0.3) is 10.1 Å². The molecule has 1 unspecified atom stereocenters. The van der Waals surface area contributed by atoms with E-state index in [0.717, 1.165) is 55.3 Å². The molecule has 176 valence electrons. The Balaban J connectivity index is 1.62. The van der Waals surface area contributed by atoms with E-state index in [4.69, 9.17) is 4.55 Å². The molecule has 2 aromatic rings. The number of rotatable bonds is 11. The van der Waals surface area contributed by atoms with E-state index in [1.54, 1.807) is 18.2 Å². The second-order valence-corrected chi connectivity index (χ2v) is 9.92. The van der Waals surface area contributed by atoms with E-state index in [-0.39, 0.29) is 16.4 Å². The van der Waals surface area contributed by atoms with Crippen LogP contribution < -0.4 is 5.43 Å². The van der Waals surface area contributed by atoms with Crippen molar-refractivity contribution in [3.8, 4) is 11.5 Å². The highest BCUT2D eigenvalue weighted by Crippen LogP contribution is 2.36. The lowest BCUT2D eigenvalue weighted by Gasteiger charge is -2.36. The maximum Gasteiger partial charge on any atom is 0.294 e. The zero-order valence-electron chi connectivity index (χ0n) is 18.6. The molecule has 0 heterocycles. The molecule has 32 heavy (non-hydrogen) atoms. The van der Waals surface area contributed by atoms with Gasteiger partial charge in [0.2, 0.25) is 0 Å². The molecule has 0 spiro atoms. The van der Waals surface area contributed by atoms with Crippen molar-refractivity contribution in [1.29, 1.82) is 0 Å². The van der Waals surface area contributed by atoms with Gasteiger partial charge in [0.15, 0.2) is 11.5 Å². The van der Waals surface area contributed by atoms with E-state index in [0.29, 0.717) is 12.6 Å². The second-order valence-electron chi connectivity index (χ2n) is 8.50. The van der Waals surface area contributed by atoms with Gasteiger partial charge < -0.3 is 10.2 Å². The fraction of sp³-hybridized carbons (Fsp3) is 0.500. The Bertz CT molecular complexity index is 992. The number of hydrogen-bond donors (Lipinski definition) is 4. The van der Waals surface area contributed by atoms with Crippen LogP contribution in [0.5, 0.6) is 11.5 Å². The summed E-state index contributed by atoms with van der Waals surface area (Å²) in [5.41, 5.74) is 6.50. The fourth-order valence-electron chi connectivity index (χ4n) is 4.34. The van der Waals surface area contributed by atoms with Crippen molar-refractivity contribution < 1.29 is 23.2 Å². The van der Waals surface area contributed by atoms with Gasteiger partial charge >= 0.3 is 0 Å². The SMILES string of the molecule is CCCCCCN(NCCc1ccc(S(=O)(=O)O)cc1)C1CCc2c(ccc(O)c2O)C1. The van der Waals surface area contributed by atoms with Crippen LogP contribution in [0.15, 0.2) is 41.3 Å². The molecule has 1 aliphatic carbocycles. The van der Waals surface area contributed by atoms with Gasteiger partial charge in [-0.3, -0.25) is 9.98 Å². The minimum atomic E-state index is -4.17. The first kappa shape index (κ1) is 24.5. The predicted molar refractivity (Wildman–Crippen MR) is 124 cm³/mol. The van der Waals surface area contributed by atoms with Crippen LogP contribution in [-0.4, -0.2) is 47.3 Å². The van der Waals surface area contributed by atoms with Gasteiger partial charge in [0.05, 0.1) is 4.90 Å². The van der Waals surface area contributed by atoms with Gasteiger partial charge in [-0.1, -0.05) is 44.4 Å². The second kappa shape index (κ2) is 11.1. The van der Waals surface area contributed by atoms with Crippen molar-refractivity contribution in [2.75, 3.05) is 13.1 Å². The summed E-state index contributed by atoms with van der Waals surface area (Å²) in [5, 5.41) is 22.3. The molecular weight excluding hydrogens is 428 g/mol. The maximum absolute atomic E-state index is 11.2. The number of hydrogen-bond acceptors (Lipinski definition) is 6. The molecule has 0 bridgehead atoms. The minimum absolute atomic E-state index is 0.0109. The maximum atomic E-state index is 11.2. The Morgan fingerprint density at radius 3 is 2.50 bits per heavy atom. The van der Waals surface area contributed by atoms with Crippen LogP contribution in [0.25, 0.3) is 0 Å². The molecule has 1 atom stereocenters. The molecular formula is C24H34N2O5S. The summed E-state index contributed by atoms with van der Waals surface area (Å²) in [6, 6.07) is 10.1. The van der Waals surface area contributed by atoms with Gasteiger partial charge in [-0.05, 0) is 61.4 Å². The van der Waals surface area contributed by atoms with Crippen molar-refractivity contribution in [2.24, 2.45) is 0 Å². The van der Waals surface area contributed by atoms with Gasteiger partial charge in [-0.2, -0.15) is 8.42 Å². The standard InChI is InChI=1S/C24H34N2O5S/c1-2-3-4-5-16-26(20-9-12-22-19(17-20)8-13-23(27)24(22)28)25-15-14-18-6-10-21(11-7-18)32(29,30)31/h6-8,10-11,13,20,25,27-28H,2-5,9,12,14-17H2,1H3,(H,29,30,31). The number of phenolic OH excluding ortho intramolecular Hbond substituents is 2. The molecule has 0 radical (unpaired) electrons. The summed E-state index contributed by atoms with van der Waals surface area (Å²) < 4.78 is 31.5. The van der Waals surface area contributed by atoms with Crippen molar-refractivity contribution in [2.45, 2.75) is 69.2 Å². The highest BCUT2D eigenvalue weighted by atomic mass is 32.2. The number of unbranched alkanes of at least 4 members (excludes halogenated alkanes) is 3. The van der Waals surface area contributed by atoms with Crippen molar-refractivity contribution >= 4 is 10.1 Å². The van der Waals surface area contributed by atoms with Crippen molar-refractivity contribution in [3.05, 3.63) is 53.1 Å². The summed E-state index contributed by atoms with van der Waals surface area (Å²) in [4.78, 5) is -0.0954. The molecule has 0 amide bonds. The molecule has 0 saturated heterocycles. The van der Waals surface area contributed by atoms with E-state index < -0.39 is 10.1 Å². The number of fused-ring (bicyclic) bond motifs is 1. The van der Waals surface area contributed by atoms with Crippen molar-refractivity contribution in [1.82, 2.24) is 10.4 Å². The topological polar surface area (TPSA) is 110 Å². The lowest BCUT2D eigenvalue weighted by atomic mass is 9.87. The Labute approximate surface area is 190 Å². The monoisotopic (exact) mass is 462 g/mol. The highest BCUT2D eigenvalue weighted by Gasteiger charge is 2.26. The van der Waals surface area contributed by atoms with Crippen LogP contribution in [0.3, 0.4) is 0 Å².